The van der Waals surface area contributed by atoms with Crippen LogP contribution in [0.2, 0.25) is 0 Å². The minimum absolute atomic E-state index is 0.340. The van der Waals surface area contributed by atoms with Gasteiger partial charge in [0, 0.05) is 40.0 Å². The van der Waals surface area contributed by atoms with Gasteiger partial charge in [0.2, 0.25) is 0 Å². The molecular weight excluding hydrogens is 749 g/mol. The van der Waals surface area contributed by atoms with E-state index in [0.717, 1.165) is 40.5 Å². The Balaban J connectivity index is 0.916. The van der Waals surface area contributed by atoms with Gasteiger partial charge in [-0.3, -0.25) is 0 Å². The van der Waals surface area contributed by atoms with Crippen LogP contribution in [-0.2, 0) is 0 Å². The zero-order chi connectivity index (χ0) is 41.5. The normalized spacial score (nSPS) is 13.3. The first-order valence-electron chi connectivity index (χ1n) is 21.4. The van der Waals surface area contributed by atoms with E-state index in [1.165, 1.54) is 50.1 Å². The van der Waals surface area contributed by atoms with Gasteiger partial charge in [-0.2, -0.15) is 0 Å². The molecule has 9 aromatic rings. The molecule has 0 N–H and O–H groups in total. The van der Waals surface area contributed by atoms with E-state index < -0.39 is 0 Å². The Morgan fingerprint density at radius 3 is 0.935 bits per heavy atom. The average molecular weight is 795 g/mol. The Morgan fingerprint density at radius 1 is 0.274 bits per heavy atom. The standard InChI is InChI=1S/C60H46N2/c1-5-14-45(15-6-1)48-24-34-58(35-25-48)62(59-36-26-49(27-37-59)46-16-7-2-8-17-46)60-40-30-51(31-41-60)50-28-38-56(39-29-50)61(55-22-11-4-12-23-55)57-42-32-52(33-43-57)54-21-13-20-53(44-54)47-18-9-3-10-19-47/h1-43,54H,44H2. The van der Waals surface area contributed by atoms with Crippen LogP contribution in [0.1, 0.15) is 23.5 Å². The third-order valence-electron chi connectivity index (χ3n) is 11.9. The molecular formula is C60H46N2. The predicted molar refractivity (Wildman–Crippen MR) is 263 cm³/mol. The van der Waals surface area contributed by atoms with Gasteiger partial charge in [-0.15, -0.1) is 0 Å². The fourth-order valence-corrected chi connectivity index (χ4v) is 8.59. The molecule has 2 heteroatoms. The molecule has 0 fully saturated rings. The highest BCUT2D eigenvalue weighted by Crippen LogP contribution is 2.40. The molecule has 0 saturated heterocycles. The molecule has 0 aliphatic heterocycles. The van der Waals surface area contributed by atoms with Crippen LogP contribution in [0.5, 0.6) is 0 Å². The molecule has 1 aliphatic rings. The van der Waals surface area contributed by atoms with Crippen LogP contribution in [0.15, 0.2) is 261 Å². The van der Waals surface area contributed by atoms with Crippen molar-refractivity contribution >= 4 is 39.7 Å². The van der Waals surface area contributed by atoms with Crippen LogP contribution in [0.3, 0.4) is 0 Å². The van der Waals surface area contributed by atoms with Gasteiger partial charge in [-0.05, 0) is 129 Å². The number of para-hydroxylation sites is 1. The highest BCUT2D eigenvalue weighted by atomic mass is 15.1. The quantitative estimate of drug-likeness (QED) is 0.129. The summed E-state index contributed by atoms with van der Waals surface area (Å²) in [6.07, 6.45) is 7.78. The number of benzene rings is 9. The summed E-state index contributed by atoms with van der Waals surface area (Å²) >= 11 is 0. The maximum Gasteiger partial charge on any atom is 0.0462 e. The van der Waals surface area contributed by atoms with E-state index in [0.29, 0.717) is 5.92 Å². The van der Waals surface area contributed by atoms with Gasteiger partial charge in [0.05, 0.1) is 0 Å². The number of anilines is 6. The maximum atomic E-state index is 2.34. The van der Waals surface area contributed by atoms with Crippen LogP contribution in [0.25, 0.3) is 39.0 Å². The second-order valence-corrected chi connectivity index (χ2v) is 15.8. The molecule has 10 rings (SSSR count). The second-order valence-electron chi connectivity index (χ2n) is 15.8. The molecule has 1 aliphatic carbocycles. The van der Waals surface area contributed by atoms with Gasteiger partial charge in [-0.1, -0.05) is 188 Å². The number of rotatable bonds is 11. The summed E-state index contributed by atoms with van der Waals surface area (Å²) in [7, 11) is 0. The summed E-state index contributed by atoms with van der Waals surface area (Å²) in [5, 5.41) is 0. The van der Waals surface area contributed by atoms with E-state index in [1.807, 2.05) is 0 Å². The Labute approximate surface area is 365 Å². The molecule has 0 amide bonds. The van der Waals surface area contributed by atoms with Crippen molar-refractivity contribution in [2.45, 2.75) is 12.3 Å². The van der Waals surface area contributed by atoms with Gasteiger partial charge >= 0.3 is 0 Å². The number of allylic oxidation sites excluding steroid dienone is 4. The minimum atomic E-state index is 0.340. The van der Waals surface area contributed by atoms with Crippen molar-refractivity contribution in [3.05, 3.63) is 272 Å². The molecule has 0 radical (unpaired) electrons. The first-order chi connectivity index (χ1) is 30.7. The lowest BCUT2D eigenvalue weighted by Crippen LogP contribution is -2.10. The third-order valence-corrected chi connectivity index (χ3v) is 11.9. The Hall–Kier alpha value is -7.94. The van der Waals surface area contributed by atoms with Crippen molar-refractivity contribution in [2.24, 2.45) is 0 Å². The number of nitrogens with zero attached hydrogens (tertiary/aromatic N) is 2. The summed E-state index contributed by atoms with van der Waals surface area (Å²) in [6, 6.07) is 87.2. The molecule has 296 valence electrons. The third kappa shape index (κ3) is 8.28. The van der Waals surface area contributed by atoms with Crippen LogP contribution in [0, 0.1) is 0 Å². The van der Waals surface area contributed by atoms with Crippen molar-refractivity contribution in [2.75, 3.05) is 9.80 Å². The summed E-state index contributed by atoms with van der Waals surface area (Å²) in [5.41, 5.74) is 17.8. The molecule has 62 heavy (non-hydrogen) atoms. The summed E-state index contributed by atoms with van der Waals surface area (Å²) in [5.74, 6) is 0.340. The number of hydrogen-bond donors (Lipinski definition) is 0. The summed E-state index contributed by atoms with van der Waals surface area (Å²) < 4.78 is 0. The van der Waals surface area contributed by atoms with Gasteiger partial charge in [-0.25, -0.2) is 0 Å². The van der Waals surface area contributed by atoms with Gasteiger partial charge in [0.15, 0.2) is 0 Å². The zero-order valence-electron chi connectivity index (χ0n) is 34.5. The highest BCUT2D eigenvalue weighted by Gasteiger charge is 2.18. The van der Waals surface area contributed by atoms with E-state index in [1.54, 1.807) is 0 Å². The lowest BCUT2D eigenvalue weighted by atomic mass is 9.85. The largest absolute Gasteiger partial charge is 0.311 e. The van der Waals surface area contributed by atoms with Crippen molar-refractivity contribution in [3.8, 4) is 33.4 Å². The highest BCUT2D eigenvalue weighted by molar-refractivity contribution is 5.82. The van der Waals surface area contributed by atoms with Gasteiger partial charge < -0.3 is 9.80 Å². The average Bonchev–Trinajstić information content (AvgIpc) is 3.36. The second kappa shape index (κ2) is 17.7. The molecule has 2 nitrogen and oxygen atoms in total. The number of hydrogen-bond acceptors (Lipinski definition) is 2. The van der Waals surface area contributed by atoms with Crippen LogP contribution in [-0.4, -0.2) is 0 Å². The van der Waals surface area contributed by atoms with Gasteiger partial charge in [0.25, 0.3) is 0 Å². The lowest BCUT2D eigenvalue weighted by molar-refractivity contribution is 0.867. The van der Waals surface area contributed by atoms with Crippen molar-refractivity contribution < 1.29 is 0 Å². The van der Waals surface area contributed by atoms with Crippen molar-refractivity contribution in [3.63, 3.8) is 0 Å². The predicted octanol–water partition coefficient (Wildman–Crippen LogP) is 16.8. The first kappa shape index (κ1) is 38.3. The first-order valence-corrected chi connectivity index (χ1v) is 21.4. The monoisotopic (exact) mass is 794 g/mol. The van der Waals surface area contributed by atoms with Crippen LogP contribution in [0.4, 0.5) is 34.1 Å². The van der Waals surface area contributed by atoms with E-state index in [-0.39, 0.29) is 0 Å². The molecule has 1 atom stereocenters. The molecule has 1 unspecified atom stereocenters. The smallest absolute Gasteiger partial charge is 0.0462 e. The molecule has 0 bridgehead atoms. The van der Waals surface area contributed by atoms with E-state index in [2.05, 4.69) is 271 Å². The molecule has 0 saturated carbocycles. The topological polar surface area (TPSA) is 6.48 Å². The molecule has 0 heterocycles. The summed E-state index contributed by atoms with van der Waals surface area (Å²) in [4.78, 5) is 4.68. The molecule has 0 spiro atoms. The van der Waals surface area contributed by atoms with Crippen LogP contribution >= 0.6 is 0 Å². The van der Waals surface area contributed by atoms with Gasteiger partial charge in [0.1, 0.15) is 0 Å². The Bertz CT molecular complexity index is 2820. The molecule has 0 aromatic heterocycles. The van der Waals surface area contributed by atoms with Crippen molar-refractivity contribution in [1.82, 2.24) is 0 Å². The fourth-order valence-electron chi connectivity index (χ4n) is 8.59. The maximum absolute atomic E-state index is 2.34. The van der Waals surface area contributed by atoms with E-state index in [9.17, 15) is 0 Å². The zero-order valence-corrected chi connectivity index (χ0v) is 34.5. The SMILES string of the molecule is C1=CC(c2ccc(N(c3ccccc3)c3ccc(-c4ccc(N(c5ccc(-c6ccccc6)cc5)c5ccc(-c6ccccc6)cc5)cc4)cc3)cc2)CC(c2ccccc2)=C1. The Morgan fingerprint density at radius 2 is 0.565 bits per heavy atom. The lowest BCUT2D eigenvalue weighted by Gasteiger charge is -2.27. The minimum Gasteiger partial charge on any atom is -0.311 e. The summed E-state index contributed by atoms with van der Waals surface area (Å²) in [6.45, 7) is 0. The van der Waals surface area contributed by atoms with E-state index >= 15 is 0 Å². The molecule has 9 aromatic carbocycles. The van der Waals surface area contributed by atoms with Crippen LogP contribution < -0.4 is 9.80 Å². The van der Waals surface area contributed by atoms with Crippen molar-refractivity contribution in [1.29, 1.82) is 0 Å². The fraction of sp³-hybridized carbons (Fsp3) is 0.0333. The Kier molecular flexibility index (Phi) is 10.9. The van der Waals surface area contributed by atoms with E-state index in [4.69, 9.17) is 0 Å².